The van der Waals surface area contributed by atoms with Gasteiger partial charge in [0, 0.05) is 25.0 Å². The van der Waals surface area contributed by atoms with E-state index in [0.717, 1.165) is 30.5 Å². The van der Waals surface area contributed by atoms with Gasteiger partial charge in [0.25, 0.3) is 0 Å². The number of hydrogen-bond acceptors (Lipinski definition) is 4. The van der Waals surface area contributed by atoms with Gasteiger partial charge >= 0.3 is 0 Å². The fraction of sp³-hybridized carbons (Fsp3) is 0.286. The molecule has 92 valence electrons. The van der Waals surface area contributed by atoms with Crippen molar-refractivity contribution in [2.45, 2.75) is 20.0 Å². The van der Waals surface area contributed by atoms with Crippen molar-refractivity contribution in [2.75, 3.05) is 12.0 Å². The number of aromatic nitrogens is 2. The highest BCUT2D eigenvalue weighted by Crippen LogP contribution is 2.28. The lowest BCUT2D eigenvalue weighted by Crippen LogP contribution is -2.17. The van der Waals surface area contributed by atoms with E-state index in [1.807, 2.05) is 19.1 Å². The summed E-state index contributed by atoms with van der Waals surface area (Å²) in [5, 5.41) is 0. The molecule has 4 heteroatoms. The average molecular weight is 241 g/mol. The molecule has 0 bridgehead atoms. The van der Waals surface area contributed by atoms with Crippen LogP contribution in [0.5, 0.6) is 5.75 Å². The summed E-state index contributed by atoms with van der Waals surface area (Å²) in [7, 11) is 1.69. The highest BCUT2D eigenvalue weighted by molar-refractivity contribution is 5.46. The van der Waals surface area contributed by atoms with Crippen LogP contribution in [0.2, 0.25) is 0 Å². The topological polar surface area (TPSA) is 38.2 Å². The molecule has 4 nitrogen and oxygen atoms in total. The quantitative estimate of drug-likeness (QED) is 0.808. The fourth-order valence-electron chi connectivity index (χ4n) is 2.23. The third-order valence-electron chi connectivity index (χ3n) is 3.20. The van der Waals surface area contributed by atoms with E-state index in [0.29, 0.717) is 0 Å². The number of ether oxygens (including phenoxy) is 1. The van der Waals surface area contributed by atoms with Crippen LogP contribution in [0.15, 0.2) is 30.5 Å². The van der Waals surface area contributed by atoms with Crippen LogP contribution in [-0.4, -0.2) is 17.1 Å². The molecule has 2 heterocycles. The van der Waals surface area contributed by atoms with E-state index in [2.05, 4.69) is 27.0 Å². The SMILES string of the molecule is COc1ccc2c(c1)CN(c1nccc(C)n1)C2. The molecule has 0 saturated heterocycles. The monoisotopic (exact) mass is 241 g/mol. The van der Waals surface area contributed by atoms with Gasteiger partial charge in [-0.1, -0.05) is 6.07 Å². The smallest absolute Gasteiger partial charge is 0.226 e. The van der Waals surface area contributed by atoms with Crippen LogP contribution in [0.25, 0.3) is 0 Å². The molecule has 0 atom stereocenters. The summed E-state index contributed by atoms with van der Waals surface area (Å²) in [6.45, 7) is 3.69. The van der Waals surface area contributed by atoms with Gasteiger partial charge in [0.15, 0.2) is 0 Å². The zero-order valence-corrected chi connectivity index (χ0v) is 10.6. The van der Waals surface area contributed by atoms with Gasteiger partial charge in [0.1, 0.15) is 5.75 Å². The van der Waals surface area contributed by atoms with Gasteiger partial charge in [-0.25, -0.2) is 9.97 Å². The molecule has 0 spiro atoms. The molecule has 1 aromatic carbocycles. The third-order valence-corrected chi connectivity index (χ3v) is 3.20. The van der Waals surface area contributed by atoms with Crippen LogP contribution in [-0.2, 0) is 13.1 Å². The van der Waals surface area contributed by atoms with E-state index in [9.17, 15) is 0 Å². The molecule has 0 N–H and O–H groups in total. The largest absolute Gasteiger partial charge is 0.497 e. The molecular weight excluding hydrogens is 226 g/mol. The van der Waals surface area contributed by atoms with Gasteiger partial charge in [-0.15, -0.1) is 0 Å². The van der Waals surface area contributed by atoms with Crippen LogP contribution in [0.1, 0.15) is 16.8 Å². The summed E-state index contributed by atoms with van der Waals surface area (Å²) in [6, 6.07) is 8.12. The van der Waals surface area contributed by atoms with Crippen LogP contribution in [0.4, 0.5) is 5.95 Å². The van der Waals surface area contributed by atoms with E-state index >= 15 is 0 Å². The van der Waals surface area contributed by atoms with Gasteiger partial charge in [0.05, 0.1) is 7.11 Å². The van der Waals surface area contributed by atoms with Crippen molar-refractivity contribution in [3.63, 3.8) is 0 Å². The number of nitrogens with zero attached hydrogens (tertiary/aromatic N) is 3. The molecule has 1 aliphatic rings. The van der Waals surface area contributed by atoms with E-state index < -0.39 is 0 Å². The second kappa shape index (κ2) is 4.29. The van der Waals surface area contributed by atoms with Gasteiger partial charge in [-0.05, 0) is 36.2 Å². The van der Waals surface area contributed by atoms with Crippen molar-refractivity contribution in [3.05, 3.63) is 47.3 Å². The van der Waals surface area contributed by atoms with Gasteiger partial charge in [-0.2, -0.15) is 0 Å². The molecule has 2 aromatic rings. The molecular formula is C14H15N3O. The highest BCUT2D eigenvalue weighted by atomic mass is 16.5. The molecule has 0 unspecified atom stereocenters. The fourth-order valence-corrected chi connectivity index (χ4v) is 2.23. The first kappa shape index (κ1) is 11.0. The van der Waals surface area contributed by atoms with Crippen molar-refractivity contribution >= 4 is 5.95 Å². The van der Waals surface area contributed by atoms with Crippen LogP contribution in [0.3, 0.4) is 0 Å². The Balaban J connectivity index is 1.88. The van der Waals surface area contributed by atoms with Crippen LogP contribution >= 0.6 is 0 Å². The summed E-state index contributed by atoms with van der Waals surface area (Å²) in [6.07, 6.45) is 1.81. The van der Waals surface area contributed by atoms with E-state index in [1.54, 1.807) is 13.3 Å². The minimum atomic E-state index is 0.796. The summed E-state index contributed by atoms with van der Waals surface area (Å²) in [4.78, 5) is 11.0. The molecule has 0 radical (unpaired) electrons. The van der Waals surface area contributed by atoms with E-state index in [-0.39, 0.29) is 0 Å². The summed E-state index contributed by atoms with van der Waals surface area (Å²) in [5.41, 5.74) is 3.61. The zero-order chi connectivity index (χ0) is 12.5. The molecule has 18 heavy (non-hydrogen) atoms. The Kier molecular flexibility index (Phi) is 2.63. The third kappa shape index (κ3) is 1.90. The van der Waals surface area contributed by atoms with Crippen molar-refractivity contribution in [1.29, 1.82) is 0 Å². The maximum Gasteiger partial charge on any atom is 0.226 e. The molecule has 3 rings (SSSR count). The predicted octanol–water partition coefficient (Wildman–Crippen LogP) is 2.31. The number of fused-ring (bicyclic) bond motifs is 1. The number of benzene rings is 1. The summed E-state index contributed by atoms with van der Waals surface area (Å²) >= 11 is 0. The highest BCUT2D eigenvalue weighted by Gasteiger charge is 2.21. The lowest BCUT2D eigenvalue weighted by Gasteiger charge is -2.14. The Morgan fingerprint density at radius 2 is 2.00 bits per heavy atom. The normalized spacial score (nSPS) is 13.6. The molecule has 0 aliphatic carbocycles. The first-order valence-corrected chi connectivity index (χ1v) is 5.96. The number of anilines is 1. The maximum atomic E-state index is 5.25. The van der Waals surface area contributed by atoms with Gasteiger partial charge < -0.3 is 9.64 Å². The minimum absolute atomic E-state index is 0.796. The number of aryl methyl sites for hydroxylation is 1. The maximum absolute atomic E-state index is 5.25. The second-order valence-corrected chi connectivity index (χ2v) is 4.49. The minimum Gasteiger partial charge on any atom is -0.497 e. The van der Waals surface area contributed by atoms with E-state index in [4.69, 9.17) is 4.74 Å². The molecule has 1 aromatic heterocycles. The Hall–Kier alpha value is -2.10. The van der Waals surface area contributed by atoms with Gasteiger partial charge in [-0.3, -0.25) is 0 Å². The summed E-state index contributed by atoms with van der Waals surface area (Å²) < 4.78 is 5.25. The van der Waals surface area contributed by atoms with Crippen LogP contribution in [0, 0.1) is 6.92 Å². The Morgan fingerprint density at radius 1 is 1.17 bits per heavy atom. The number of hydrogen-bond donors (Lipinski definition) is 0. The Bertz CT molecular complexity index is 583. The number of rotatable bonds is 2. The van der Waals surface area contributed by atoms with Gasteiger partial charge in [0.2, 0.25) is 5.95 Å². The van der Waals surface area contributed by atoms with Crippen molar-refractivity contribution < 1.29 is 4.74 Å². The number of methoxy groups -OCH3 is 1. The first-order chi connectivity index (χ1) is 8.76. The Labute approximate surface area is 106 Å². The lowest BCUT2D eigenvalue weighted by atomic mass is 10.1. The zero-order valence-electron chi connectivity index (χ0n) is 10.6. The molecule has 1 aliphatic heterocycles. The van der Waals surface area contributed by atoms with E-state index in [1.165, 1.54) is 11.1 Å². The second-order valence-electron chi connectivity index (χ2n) is 4.49. The van der Waals surface area contributed by atoms with Crippen molar-refractivity contribution in [3.8, 4) is 5.75 Å². The standard InChI is InChI=1S/C14H15N3O/c1-10-5-6-15-14(16-10)17-8-11-3-4-13(18-2)7-12(11)9-17/h3-7H,8-9H2,1-2H3. The molecule has 0 saturated carbocycles. The predicted molar refractivity (Wildman–Crippen MR) is 69.7 cm³/mol. The molecule has 0 fully saturated rings. The summed E-state index contributed by atoms with van der Waals surface area (Å²) in [5.74, 6) is 1.70. The average Bonchev–Trinajstić information content (AvgIpc) is 2.81. The Morgan fingerprint density at radius 3 is 2.78 bits per heavy atom. The molecule has 0 amide bonds. The van der Waals surface area contributed by atoms with Crippen molar-refractivity contribution in [1.82, 2.24) is 9.97 Å². The van der Waals surface area contributed by atoms with Crippen molar-refractivity contribution in [2.24, 2.45) is 0 Å². The van der Waals surface area contributed by atoms with Crippen LogP contribution < -0.4 is 9.64 Å². The lowest BCUT2D eigenvalue weighted by molar-refractivity contribution is 0.414. The first-order valence-electron chi connectivity index (χ1n) is 5.96.